The van der Waals surface area contributed by atoms with Crippen LogP contribution in [0.3, 0.4) is 0 Å². The van der Waals surface area contributed by atoms with E-state index in [-0.39, 0.29) is 24.8 Å². The molecule has 2 aromatic carbocycles. The number of nitrogens with zero attached hydrogens (tertiary/aromatic N) is 2. The van der Waals surface area contributed by atoms with Gasteiger partial charge in [-0.2, -0.15) is 0 Å². The van der Waals surface area contributed by atoms with E-state index in [9.17, 15) is 13.6 Å². The smallest absolute Gasteiger partial charge is 0.251 e. The number of rotatable bonds is 6. The number of carbonyl (C=O) groups excluding carboxylic acids is 1. The molecular weight excluding hydrogens is 507 g/mol. The zero-order valence-corrected chi connectivity index (χ0v) is 21.5. The van der Waals surface area contributed by atoms with E-state index in [0.29, 0.717) is 47.4 Å². The van der Waals surface area contributed by atoms with Gasteiger partial charge in [-0.25, -0.2) is 13.8 Å². The predicted octanol–water partition coefficient (Wildman–Crippen LogP) is 5.22. The Morgan fingerprint density at radius 1 is 1.08 bits per heavy atom. The van der Waals surface area contributed by atoms with Crippen molar-refractivity contribution >= 4 is 40.8 Å². The number of guanidine groups is 1. The van der Waals surface area contributed by atoms with Gasteiger partial charge in [0.1, 0.15) is 0 Å². The van der Waals surface area contributed by atoms with Gasteiger partial charge < -0.3 is 20.9 Å². The molecule has 1 aliphatic heterocycles. The summed E-state index contributed by atoms with van der Waals surface area (Å²) in [5.41, 5.74) is 2.25. The lowest BCUT2D eigenvalue weighted by Crippen LogP contribution is -2.49. The number of aliphatic imine (C=N–C) groups is 1. The molecule has 0 unspecified atom stereocenters. The van der Waals surface area contributed by atoms with Gasteiger partial charge in [0.05, 0.1) is 6.04 Å². The molecule has 0 atom stereocenters. The van der Waals surface area contributed by atoms with E-state index in [1.54, 1.807) is 24.3 Å². The second kappa shape index (κ2) is 12.2. The first-order valence-electron chi connectivity index (χ1n) is 12.3. The zero-order chi connectivity index (χ0) is 25.5. The minimum Gasteiger partial charge on any atom is -0.352 e. The Morgan fingerprint density at radius 2 is 1.78 bits per heavy atom. The summed E-state index contributed by atoms with van der Waals surface area (Å²) in [6.07, 6.45) is 1.11. The SMILES string of the molecule is O=C(NCCc1ccc(Cl)cc1Cl)c1ccc(NC(=NC2CCC(F)(F)CC2)N2CCNCC2)cc1. The second-order valence-corrected chi connectivity index (χ2v) is 10.1. The molecule has 2 aromatic rings. The van der Waals surface area contributed by atoms with E-state index >= 15 is 0 Å². The summed E-state index contributed by atoms with van der Waals surface area (Å²) < 4.78 is 27.2. The summed E-state index contributed by atoms with van der Waals surface area (Å²) in [5, 5.41) is 10.7. The molecule has 1 amide bonds. The van der Waals surface area contributed by atoms with Gasteiger partial charge in [-0.05, 0) is 61.2 Å². The van der Waals surface area contributed by atoms with Crippen LogP contribution in [0, 0.1) is 0 Å². The van der Waals surface area contributed by atoms with E-state index in [2.05, 4.69) is 20.9 Å². The van der Waals surface area contributed by atoms with Crippen molar-refractivity contribution in [1.29, 1.82) is 0 Å². The number of halogens is 4. The van der Waals surface area contributed by atoms with Gasteiger partial charge in [0, 0.05) is 66.9 Å². The molecule has 194 valence electrons. The number of amides is 1. The Morgan fingerprint density at radius 3 is 2.44 bits per heavy atom. The Kier molecular flexibility index (Phi) is 9.04. The molecule has 0 radical (unpaired) electrons. The first-order chi connectivity index (χ1) is 17.3. The normalized spacial score (nSPS) is 18.7. The lowest BCUT2D eigenvalue weighted by atomic mass is 9.93. The molecule has 0 aromatic heterocycles. The summed E-state index contributed by atoms with van der Waals surface area (Å²) in [7, 11) is 0. The van der Waals surface area contributed by atoms with Crippen molar-refractivity contribution in [1.82, 2.24) is 15.5 Å². The van der Waals surface area contributed by atoms with Crippen molar-refractivity contribution in [3.8, 4) is 0 Å². The Bertz CT molecular complexity index is 1060. The number of hydrogen-bond donors (Lipinski definition) is 3. The third-order valence-electron chi connectivity index (χ3n) is 6.51. The highest BCUT2D eigenvalue weighted by Gasteiger charge is 2.35. The topological polar surface area (TPSA) is 68.8 Å². The van der Waals surface area contributed by atoms with Crippen molar-refractivity contribution in [3.05, 3.63) is 63.6 Å². The van der Waals surface area contributed by atoms with Crippen LogP contribution in [-0.2, 0) is 6.42 Å². The average Bonchev–Trinajstić information content (AvgIpc) is 2.87. The molecule has 0 bridgehead atoms. The first kappa shape index (κ1) is 26.6. The van der Waals surface area contributed by atoms with Crippen LogP contribution in [0.4, 0.5) is 14.5 Å². The fourth-order valence-corrected chi connectivity index (χ4v) is 4.87. The maximum atomic E-state index is 13.6. The van der Waals surface area contributed by atoms with E-state index in [1.807, 2.05) is 18.2 Å². The molecule has 36 heavy (non-hydrogen) atoms. The average molecular weight is 538 g/mol. The summed E-state index contributed by atoms with van der Waals surface area (Å²) in [5.74, 6) is -2.05. The highest BCUT2D eigenvalue weighted by atomic mass is 35.5. The minimum atomic E-state index is -2.58. The number of alkyl halides is 2. The van der Waals surface area contributed by atoms with Gasteiger partial charge in [0.2, 0.25) is 5.92 Å². The molecular formula is C26H31Cl2F2N5O. The van der Waals surface area contributed by atoms with Crippen LogP contribution >= 0.6 is 23.2 Å². The molecule has 1 heterocycles. The molecule has 4 rings (SSSR count). The maximum absolute atomic E-state index is 13.6. The molecule has 3 N–H and O–H groups in total. The minimum absolute atomic E-state index is 0.121. The predicted molar refractivity (Wildman–Crippen MR) is 142 cm³/mol. The lowest BCUT2D eigenvalue weighted by molar-refractivity contribution is -0.0374. The fraction of sp³-hybridized carbons (Fsp3) is 0.462. The molecule has 2 aliphatic rings. The molecule has 1 aliphatic carbocycles. The monoisotopic (exact) mass is 537 g/mol. The maximum Gasteiger partial charge on any atom is 0.251 e. The van der Waals surface area contributed by atoms with Crippen molar-refractivity contribution in [3.63, 3.8) is 0 Å². The van der Waals surface area contributed by atoms with Gasteiger partial charge in [-0.3, -0.25) is 4.79 Å². The highest BCUT2D eigenvalue weighted by molar-refractivity contribution is 6.35. The zero-order valence-electron chi connectivity index (χ0n) is 20.0. The van der Waals surface area contributed by atoms with Crippen molar-refractivity contribution < 1.29 is 13.6 Å². The third-order valence-corrected chi connectivity index (χ3v) is 7.09. The molecule has 1 saturated heterocycles. The molecule has 6 nitrogen and oxygen atoms in total. The number of piperazine rings is 1. The summed E-state index contributed by atoms with van der Waals surface area (Å²) in [4.78, 5) is 19.6. The fourth-order valence-electron chi connectivity index (χ4n) is 4.37. The largest absolute Gasteiger partial charge is 0.352 e. The summed E-state index contributed by atoms with van der Waals surface area (Å²) >= 11 is 12.1. The van der Waals surface area contributed by atoms with Gasteiger partial charge in [0.25, 0.3) is 5.91 Å². The van der Waals surface area contributed by atoms with E-state index in [1.165, 1.54) is 0 Å². The van der Waals surface area contributed by atoms with Crippen LogP contribution < -0.4 is 16.0 Å². The van der Waals surface area contributed by atoms with E-state index in [4.69, 9.17) is 28.2 Å². The number of carbonyl (C=O) groups is 1. The van der Waals surface area contributed by atoms with Crippen LogP contribution in [-0.4, -0.2) is 61.5 Å². The van der Waals surface area contributed by atoms with Gasteiger partial charge in [-0.1, -0.05) is 29.3 Å². The lowest BCUT2D eigenvalue weighted by Gasteiger charge is -2.33. The van der Waals surface area contributed by atoms with E-state index < -0.39 is 5.92 Å². The Labute approximate surface area is 220 Å². The van der Waals surface area contributed by atoms with Gasteiger partial charge in [0.15, 0.2) is 5.96 Å². The number of anilines is 1. The molecule has 10 heteroatoms. The second-order valence-electron chi connectivity index (χ2n) is 9.22. The van der Waals surface area contributed by atoms with Crippen LogP contribution in [0.2, 0.25) is 10.0 Å². The van der Waals surface area contributed by atoms with Gasteiger partial charge >= 0.3 is 0 Å². The number of hydrogen-bond acceptors (Lipinski definition) is 3. The number of benzene rings is 2. The van der Waals surface area contributed by atoms with Gasteiger partial charge in [-0.15, -0.1) is 0 Å². The van der Waals surface area contributed by atoms with Crippen molar-refractivity contribution in [2.24, 2.45) is 4.99 Å². The molecule has 0 spiro atoms. The van der Waals surface area contributed by atoms with Crippen LogP contribution in [0.15, 0.2) is 47.5 Å². The summed E-state index contributed by atoms with van der Waals surface area (Å²) in [6.45, 7) is 3.69. The van der Waals surface area contributed by atoms with Crippen LogP contribution in [0.5, 0.6) is 0 Å². The Hall–Kier alpha value is -2.42. The highest BCUT2D eigenvalue weighted by Crippen LogP contribution is 2.34. The number of nitrogens with one attached hydrogen (secondary N) is 3. The third kappa shape index (κ3) is 7.54. The molecule has 1 saturated carbocycles. The standard InChI is InChI=1S/C26H31Cl2F2N5O/c27-20-4-1-18(23(28)17-20)9-12-32-24(36)19-2-5-21(6-3-19)33-25(35-15-13-31-14-16-35)34-22-7-10-26(29,30)11-8-22/h1-6,17,22,31H,7-16H2,(H,32,36)(H,33,34). The van der Waals surface area contributed by atoms with E-state index in [0.717, 1.165) is 37.4 Å². The van der Waals surface area contributed by atoms with Crippen LogP contribution in [0.1, 0.15) is 41.6 Å². The van der Waals surface area contributed by atoms with Crippen molar-refractivity contribution in [2.45, 2.75) is 44.1 Å². The van der Waals surface area contributed by atoms with Crippen molar-refractivity contribution in [2.75, 3.05) is 38.0 Å². The quantitative estimate of drug-likeness (QED) is 0.349. The molecule has 2 fully saturated rings. The van der Waals surface area contributed by atoms with Crippen LogP contribution in [0.25, 0.3) is 0 Å². The Balaban J connectivity index is 1.35. The summed E-state index contributed by atoms with van der Waals surface area (Å²) in [6, 6.07) is 12.4. The first-order valence-corrected chi connectivity index (χ1v) is 13.1.